The van der Waals surface area contributed by atoms with Crippen molar-refractivity contribution in [2.24, 2.45) is 0 Å². The van der Waals surface area contributed by atoms with Gasteiger partial charge in [0.1, 0.15) is 12.4 Å². The van der Waals surface area contributed by atoms with E-state index in [-0.39, 0.29) is 0 Å². The molecule has 0 bridgehead atoms. The Bertz CT molecular complexity index is 386. The van der Waals surface area contributed by atoms with Crippen LogP contribution in [0.2, 0.25) is 0 Å². The summed E-state index contributed by atoms with van der Waals surface area (Å²) in [6.45, 7) is 5.19. The van der Waals surface area contributed by atoms with Gasteiger partial charge < -0.3 is 10.1 Å². The van der Waals surface area contributed by atoms with Crippen LogP contribution >= 0.6 is 0 Å². The first-order valence-electron chi connectivity index (χ1n) is 7.09. The molecule has 1 aromatic carbocycles. The molecule has 1 fully saturated rings. The Kier molecular flexibility index (Phi) is 3.81. The molecule has 0 saturated carbocycles. The molecule has 0 aromatic heterocycles. The molecule has 2 aliphatic rings. The number of nitrogens with one attached hydrogen (secondary N) is 1. The van der Waals surface area contributed by atoms with Gasteiger partial charge in [-0.1, -0.05) is 24.6 Å². The molecular weight excluding hydrogens is 224 g/mol. The molecule has 1 N–H and O–H groups in total. The van der Waals surface area contributed by atoms with Gasteiger partial charge in [0.25, 0.3) is 0 Å². The monoisotopic (exact) mass is 246 g/mol. The molecule has 0 radical (unpaired) electrons. The van der Waals surface area contributed by atoms with Crippen molar-refractivity contribution in [2.75, 3.05) is 26.2 Å². The van der Waals surface area contributed by atoms with Crippen molar-refractivity contribution in [2.45, 2.75) is 31.8 Å². The number of nitrogens with zero attached hydrogens (tertiary/aromatic N) is 1. The second kappa shape index (κ2) is 5.72. The SMILES string of the molecule is c1ccc2c(c1)CN(C1CCCCNC1)CCO2. The molecule has 3 heteroatoms. The van der Waals surface area contributed by atoms with E-state index in [0.29, 0.717) is 6.04 Å². The number of ether oxygens (including phenoxy) is 1. The lowest BCUT2D eigenvalue weighted by atomic mass is 10.1. The maximum atomic E-state index is 5.84. The minimum absolute atomic E-state index is 0.669. The predicted molar refractivity (Wildman–Crippen MR) is 72.9 cm³/mol. The molecule has 1 atom stereocenters. The zero-order valence-electron chi connectivity index (χ0n) is 10.9. The van der Waals surface area contributed by atoms with E-state index in [1.165, 1.54) is 31.4 Å². The second-order valence-electron chi connectivity index (χ2n) is 5.28. The van der Waals surface area contributed by atoms with Crippen LogP contribution in [0.1, 0.15) is 24.8 Å². The van der Waals surface area contributed by atoms with E-state index in [0.717, 1.165) is 32.0 Å². The van der Waals surface area contributed by atoms with Crippen molar-refractivity contribution in [3.63, 3.8) is 0 Å². The van der Waals surface area contributed by atoms with Crippen LogP contribution in [0.4, 0.5) is 0 Å². The Hall–Kier alpha value is -1.06. The summed E-state index contributed by atoms with van der Waals surface area (Å²) in [5, 5.41) is 3.56. The van der Waals surface area contributed by atoms with E-state index in [1.807, 2.05) is 0 Å². The second-order valence-corrected chi connectivity index (χ2v) is 5.28. The molecule has 1 aromatic rings. The van der Waals surface area contributed by atoms with Crippen molar-refractivity contribution in [3.05, 3.63) is 29.8 Å². The molecule has 1 unspecified atom stereocenters. The Labute approximate surface area is 109 Å². The molecule has 18 heavy (non-hydrogen) atoms. The Morgan fingerprint density at radius 1 is 1.22 bits per heavy atom. The Morgan fingerprint density at radius 2 is 2.17 bits per heavy atom. The van der Waals surface area contributed by atoms with E-state index in [1.54, 1.807) is 0 Å². The quantitative estimate of drug-likeness (QED) is 0.820. The zero-order valence-corrected chi connectivity index (χ0v) is 10.9. The molecule has 2 aliphatic heterocycles. The lowest BCUT2D eigenvalue weighted by Crippen LogP contribution is -2.41. The minimum Gasteiger partial charge on any atom is -0.492 e. The summed E-state index contributed by atoms with van der Waals surface area (Å²) in [4.78, 5) is 2.59. The van der Waals surface area contributed by atoms with Crippen LogP contribution < -0.4 is 10.1 Å². The average Bonchev–Trinajstić information content (AvgIpc) is 2.79. The molecule has 2 heterocycles. The molecule has 0 amide bonds. The van der Waals surface area contributed by atoms with Gasteiger partial charge in [0.05, 0.1) is 0 Å². The fourth-order valence-electron chi connectivity index (χ4n) is 2.97. The standard InChI is InChI=1S/C15H22N2O/c1-2-7-15-13(5-1)12-17(9-10-18-15)14-6-3-4-8-16-11-14/h1-2,5,7,14,16H,3-4,6,8-12H2. The highest BCUT2D eigenvalue weighted by Crippen LogP contribution is 2.24. The molecule has 0 aliphatic carbocycles. The lowest BCUT2D eigenvalue weighted by Gasteiger charge is -2.29. The number of hydrogen-bond acceptors (Lipinski definition) is 3. The van der Waals surface area contributed by atoms with Crippen LogP contribution in [0.3, 0.4) is 0 Å². The fourth-order valence-corrected chi connectivity index (χ4v) is 2.97. The number of rotatable bonds is 1. The first kappa shape index (κ1) is 12.0. The number of benzene rings is 1. The van der Waals surface area contributed by atoms with Gasteiger partial charge in [-0.25, -0.2) is 0 Å². The summed E-state index contributed by atoms with van der Waals surface area (Å²) in [5.74, 6) is 1.07. The van der Waals surface area contributed by atoms with Crippen molar-refractivity contribution >= 4 is 0 Å². The van der Waals surface area contributed by atoms with E-state index in [2.05, 4.69) is 34.5 Å². The predicted octanol–water partition coefficient (Wildman–Crippen LogP) is 2.02. The van der Waals surface area contributed by atoms with Crippen LogP contribution in [0.5, 0.6) is 5.75 Å². The van der Waals surface area contributed by atoms with Gasteiger partial charge in [0.15, 0.2) is 0 Å². The summed E-state index contributed by atoms with van der Waals surface area (Å²) in [6.07, 6.45) is 3.98. The van der Waals surface area contributed by atoms with E-state index in [4.69, 9.17) is 4.74 Å². The third-order valence-electron chi connectivity index (χ3n) is 4.02. The molecule has 3 nitrogen and oxygen atoms in total. The van der Waals surface area contributed by atoms with Crippen LogP contribution in [0.15, 0.2) is 24.3 Å². The lowest BCUT2D eigenvalue weighted by molar-refractivity contribution is 0.162. The maximum Gasteiger partial charge on any atom is 0.123 e. The Morgan fingerprint density at radius 3 is 3.17 bits per heavy atom. The first-order valence-corrected chi connectivity index (χ1v) is 7.09. The summed E-state index contributed by atoms with van der Waals surface area (Å²) in [7, 11) is 0. The van der Waals surface area contributed by atoms with Gasteiger partial charge in [-0.3, -0.25) is 4.90 Å². The van der Waals surface area contributed by atoms with Gasteiger partial charge in [0.2, 0.25) is 0 Å². The van der Waals surface area contributed by atoms with E-state index >= 15 is 0 Å². The summed E-state index contributed by atoms with van der Waals surface area (Å²) >= 11 is 0. The van der Waals surface area contributed by atoms with E-state index < -0.39 is 0 Å². The Balaban J connectivity index is 1.73. The van der Waals surface area contributed by atoms with Crippen molar-refractivity contribution < 1.29 is 4.74 Å². The van der Waals surface area contributed by atoms with Gasteiger partial charge in [-0.2, -0.15) is 0 Å². The van der Waals surface area contributed by atoms with Gasteiger partial charge in [-0.15, -0.1) is 0 Å². The first-order chi connectivity index (χ1) is 8.93. The van der Waals surface area contributed by atoms with Crippen LogP contribution in [-0.4, -0.2) is 37.2 Å². The third-order valence-corrected chi connectivity index (χ3v) is 4.02. The van der Waals surface area contributed by atoms with Gasteiger partial charge >= 0.3 is 0 Å². The largest absolute Gasteiger partial charge is 0.492 e. The fraction of sp³-hybridized carbons (Fsp3) is 0.600. The normalized spacial score (nSPS) is 25.7. The van der Waals surface area contributed by atoms with Crippen LogP contribution in [-0.2, 0) is 6.54 Å². The smallest absolute Gasteiger partial charge is 0.123 e. The summed E-state index contributed by atoms with van der Waals surface area (Å²) in [6, 6.07) is 9.11. The van der Waals surface area contributed by atoms with Crippen molar-refractivity contribution in [3.8, 4) is 5.75 Å². The molecule has 1 saturated heterocycles. The summed E-state index contributed by atoms with van der Waals surface area (Å²) < 4.78 is 5.84. The average molecular weight is 246 g/mol. The van der Waals surface area contributed by atoms with Gasteiger partial charge in [-0.05, 0) is 25.5 Å². The van der Waals surface area contributed by atoms with Crippen molar-refractivity contribution in [1.29, 1.82) is 0 Å². The molecule has 0 spiro atoms. The highest BCUT2D eigenvalue weighted by atomic mass is 16.5. The van der Waals surface area contributed by atoms with Crippen molar-refractivity contribution in [1.82, 2.24) is 10.2 Å². The number of fused-ring (bicyclic) bond motifs is 1. The third kappa shape index (κ3) is 2.68. The van der Waals surface area contributed by atoms with Crippen LogP contribution in [0.25, 0.3) is 0 Å². The zero-order chi connectivity index (χ0) is 12.2. The van der Waals surface area contributed by atoms with Gasteiger partial charge in [0, 0.05) is 31.2 Å². The highest BCUT2D eigenvalue weighted by molar-refractivity contribution is 5.33. The molecule has 3 rings (SSSR count). The number of hydrogen-bond donors (Lipinski definition) is 1. The number of para-hydroxylation sites is 1. The minimum atomic E-state index is 0.669. The summed E-state index contributed by atoms with van der Waals surface area (Å²) in [5.41, 5.74) is 1.33. The molecule has 98 valence electrons. The molecular formula is C15H22N2O. The maximum absolute atomic E-state index is 5.84. The van der Waals surface area contributed by atoms with E-state index in [9.17, 15) is 0 Å². The highest BCUT2D eigenvalue weighted by Gasteiger charge is 2.23. The topological polar surface area (TPSA) is 24.5 Å². The van der Waals surface area contributed by atoms with Crippen LogP contribution in [0, 0.1) is 0 Å².